The summed E-state index contributed by atoms with van der Waals surface area (Å²) in [5.74, 6) is 1.99. The van der Waals surface area contributed by atoms with E-state index in [1.807, 2.05) is 18.2 Å². The highest BCUT2D eigenvalue weighted by Gasteiger charge is 2.24. The third kappa shape index (κ3) is 7.13. The first-order valence-corrected chi connectivity index (χ1v) is 15.1. The van der Waals surface area contributed by atoms with Crippen LogP contribution in [0.1, 0.15) is 68.9 Å². The Bertz CT molecular complexity index is 1310. The van der Waals surface area contributed by atoms with Crippen LogP contribution in [0, 0.1) is 0 Å². The number of carbonyl (C=O) groups excluding carboxylic acids is 1. The third-order valence-electron chi connectivity index (χ3n) is 7.86. The molecule has 2 aliphatic rings. The van der Waals surface area contributed by atoms with Gasteiger partial charge in [-0.3, -0.25) is 9.59 Å². The van der Waals surface area contributed by atoms with Crippen molar-refractivity contribution in [3.8, 4) is 17.2 Å². The Balaban J connectivity index is 1.05. The van der Waals surface area contributed by atoms with Crippen LogP contribution in [0.25, 0.3) is 10.2 Å². The third-order valence-corrected chi connectivity index (χ3v) is 8.82. The summed E-state index contributed by atoms with van der Waals surface area (Å²) in [4.78, 5) is 29.8. The van der Waals surface area contributed by atoms with E-state index in [0.717, 1.165) is 91.1 Å². The van der Waals surface area contributed by atoms with E-state index in [4.69, 9.17) is 9.47 Å². The molecule has 8 nitrogen and oxygen atoms in total. The van der Waals surface area contributed by atoms with Gasteiger partial charge in [-0.2, -0.15) is 0 Å². The molecule has 3 N–H and O–H groups in total. The molecular formula is C30H39N3O5S. The molecule has 1 fully saturated rings. The standard InChI is InChI=1S/C30H39N3O5S/c34-24-12-11-22(29-28(24)32-30(36)39-29)7-3-2-6-18-33(23-8-4-1-5-9-23)27(35)15-17-31-16-14-21-10-13-25-26(19-21)38-20-37-25/h10-13,19,23,31,34H,1-9,14-18,20H2,(H,32,36). The van der Waals surface area contributed by atoms with Crippen LogP contribution < -0.4 is 19.7 Å². The molecule has 39 heavy (non-hydrogen) atoms. The van der Waals surface area contributed by atoms with Crippen molar-refractivity contribution >= 4 is 27.5 Å². The monoisotopic (exact) mass is 553 g/mol. The average molecular weight is 554 g/mol. The SMILES string of the molecule is O=C(CCNCCc1ccc2c(c1)OCO2)N(CCCCCc1ccc(O)c2[nH]c(=O)sc12)C1CCCCC1. The number of rotatable bonds is 13. The van der Waals surface area contributed by atoms with E-state index in [0.29, 0.717) is 24.5 Å². The fraction of sp³-hybridized carbons (Fsp3) is 0.533. The van der Waals surface area contributed by atoms with Crippen molar-refractivity contribution in [1.29, 1.82) is 0 Å². The van der Waals surface area contributed by atoms with Crippen LogP contribution in [0.2, 0.25) is 0 Å². The maximum Gasteiger partial charge on any atom is 0.305 e. The molecule has 5 rings (SSSR count). The lowest BCUT2D eigenvalue weighted by Crippen LogP contribution is -2.43. The number of phenols is 1. The van der Waals surface area contributed by atoms with Crippen LogP contribution in [-0.2, 0) is 17.6 Å². The Morgan fingerprint density at radius 3 is 2.74 bits per heavy atom. The number of H-pyrrole nitrogens is 1. The van der Waals surface area contributed by atoms with Crippen molar-refractivity contribution in [2.24, 2.45) is 0 Å². The van der Waals surface area contributed by atoms with Crippen LogP contribution in [0.5, 0.6) is 17.2 Å². The Hall–Kier alpha value is -3.04. The molecule has 9 heteroatoms. The van der Waals surface area contributed by atoms with Crippen molar-refractivity contribution < 1.29 is 19.4 Å². The maximum atomic E-state index is 13.3. The molecule has 1 saturated carbocycles. The second-order valence-electron chi connectivity index (χ2n) is 10.6. The number of unbranched alkanes of at least 4 members (excludes halogenated alkanes) is 2. The summed E-state index contributed by atoms with van der Waals surface area (Å²) >= 11 is 1.16. The number of amides is 1. The molecular weight excluding hydrogens is 514 g/mol. The van der Waals surface area contributed by atoms with Crippen LogP contribution in [0.4, 0.5) is 0 Å². The Morgan fingerprint density at radius 1 is 1.03 bits per heavy atom. The number of benzene rings is 2. The number of aromatic hydroxyl groups is 1. The Morgan fingerprint density at radius 2 is 1.87 bits per heavy atom. The number of aryl methyl sites for hydroxylation is 1. The number of nitrogens with zero attached hydrogens (tertiary/aromatic N) is 1. The van der Waals surface area contributed by atoms with E-state index in [2.05, 4.69) is 21.3 Å². The quantitative estimate of drug-likeness (QED) is 0.254. The lowest BCUT2D eigenvalue weighted by Gasteiger charge is -2.34. The van der Waals surface area contributed by atoms with Crippen LogP contribution >= 0.6 is 11.3 Å². The number of fused-ring (bicyclic) bond motifs is 2. The first-order chi connectivity index (χ1) is 19.1. The van der Waals surface area contributed by atoms with Gasteiger partial charge in [0.15, 0.2) is 11.5 Å². The van der Waals surface area contributed by atoms with E-state index in [-0.39, 0.29) is 23.3 Å². The second-order valence-corrected chi connectivity index (χ2v) is 11.6. The first kappa shape index (κ1) is 27.5. The molecule has 1 aromatic heterocycles. The summed E-state index contributed by atoms with van der Waals surface area (Å²) < 4.78 is 11.7. The van der Waals surface area contributed by atoms with Gasteiger partial charge in [0.2, 0.25) is 12.7 Å². The minimum Gasteiger partial charge on any atom is -0.506 e. The van der Waals surface area contributed by atoms with E-state index >= 15 is 0 Å². The smallest absolute Gasteiger partial charge is 0.305 e. The molecule has 1 aliphatic heterocycles. The summed E-state index contributed by atoms with van der Waals surface area (Å²) in [6.07, 6.45) is 11.1. The van der Waals surface area contributed by atoms with Crippen molar-refractivity contribution in [1.82, 2.24) is 15.2 Å². The van der Waals surface area contributed by atoms with Gasteiger partial charge in [-0.15, -0.1) is 0 Å². The zero-order valence-corrected chi connectivity index (χ0v) is 23.3. The molecule has 0 saturated heterocycles. The molecule has 0 radical (unpaired) electrons. The number of phenolic OH excluding ortho intramolecular Hbond substituents is 1. The van der Waals surface area contributed by atoms with E-state index in [9.17, 15) is 14.7 Å². The summed E-state index contributed by atoms with van der Waals surface area (Å²) in [6, 6.07) is 10.00. The number of ether oxygens (including phenoxy) is 2. The first-order valence-electron chi connectivity index (χ1n) is 14.3. The van der Waals surface area contributed by atoms with Gasteiger partial charge in [0.05, 0.1) is 4.70 Å². The Labute approximate surface area is 233 Å². The van der Waals surface area contributed by atoms with Crippen LogP contribution in [0.3, 0.4) is 0 Å². The van der Waals surface area contributed by atoms with Crippen LogP contribution in [-0.4, -0.2) is 53.4 Å². The number of nitrogens with one attached hydrogen (secondary N) is 2. The van der Waals surface area contributed by atoms with Gasteiger partial charge < -0.3 is 29.8 Å². The molecule has 210 valence electrons. The highest BCUT2D eigenvalue weighted by molar-refractivity contribution is 7.16. The number of hydrogen-bond donors (Lipinski definition) is 3. The highest BCUT2D eigenvalue weighted by atomic mass is 32.1. The van der Waals surface area contributed by atoms with Crippen molar-refractivity contribution in [3.05, 3.63) is 51.1 Å². The summed E-state index contributed by atoms with van der Waals surface area (Å²) in [5, 5.41) is 13.5. The molecule has 0 atom stereocenters. The predicted molar refractivity (Wildman–Crippen MR) is 154 cm³/mol. The molecule has 0 bridgehead atoms. The Kier molecular flexibility index (Phi) is 9.42. The molecule has 2 heterocycles. The van der Waals surface area contributed by atoms with Gasteiger partial charge in [0.1, 0.15) is 11.3 Å². The minimum absolute atomic E-state index is 0.121. The maximum absolute atomic E-state index is 13.3. The largest absolute Gasteiger partial charge is 0.506 e. The number of aromatic nitrogens is 1. The number of aromatic amines is 1. The fourth-order valence-electron chi connectivity index (χ4n) is 5.74. The van der Waals surface area contributed by atoms with E-state index < -0.39 is 0 Å². The molecule has 2 aromatic carbocycles. The van der Waals surface area contributed by atoms with E-state index in [1.165, 1.54) is 24.8 Å². The summed E-state index contributed by atoms with van der Waals surface area (Å²) in [7, 11) is 0. The second kappa shape index (κ2) is 13.3. The van der Waals surface area contributed by atoms with Gasteiger partial charge in [-0.05, 0) is 74.4 Å². The highest BCUT2D eigenvalue weighted by Crippen LogP contribution is 2.32. The van der Waals surface area contributed by atoms with Gasteiger partial charge in [0.25, 0.3) is 0 Å². The zero-order chi connectivity index (χ0) is 27.0. The molecule has 1 aliphatic carbocycles. The number of hydrogen-bond acceptors (Lipinski definition) is 7. The fourth-order valence-corrected chi connectivity index (χ4v) is 6.64. The summed E-state index contributed by atoms with van der Waals surface area (Å²) in [5.41, 5.74) is 2.83. The lowest BCUT2D eigenvalue weighted by molar-refractivity contribution is -0.134. The van der Waals surface area contributed by atoms with Crippen LogP contribution in [0.15, 0.2) is 35.1 Å². The van der Waals surface area contributed by atoms with Crippen molar-refractivity contribution in [2.75, 3.05) is 26.4 Å². The average Bonchev–Trinajstić information content (AvgIpc) is 3.58. The molecule has 0 unspecified atom stereocenters. The van der Waals surface area contributed by atoms with Crippen molar-refractivity contribution in [3.63, 3.8) is 0 Å². The normalized spacial score (nSPS) is 15.2. The van der Waals surface area contributed by atoms with E-state index in [1.54, 1.807) is 6.07 Å². The van der Waals surface area contributed by atoms with Gasteiger partial charge in [0, 0.05) is 25.6 Å². The molecule has 1 amide bonds. The van der Waals surface area contributed by atoms with Gasteiger partial charge >= 0.3 is 4.87 Å². The predicted octanol–water partition coefficient (Wildman–Crippen LogP) is 5.12. The lowest BCUT2D eigenvalue weighted by atomic mass is 9.93. The van der Waals surface area contributed by atoms with Gasteiger partial charge in [-0.25, -0.2) is 0 Å². The number of carbonyl (C=O) groups is 1. The van der Waals surface area contributed by atoms with Crippen molar-refractivity contribution in [2.45, 2.75) is 76.7 Å². The molecule has 3 aromatic rings. The minimum atomic E-state index is -0.142. The summed E-state index contributed by atoms with van der Waals surface area (Å²) in [6.45, 7) is 2.60. The zero-order valence-electron chi connectivity index (χ0n) is 22.5. The molecule has 0 spiro atoms. The van der Waals surface area contributed by atoms with Gasteiger partial charge in [-0.1, -0.05) is 49.2 Å². The topological polar surface area (TPSA) is 104 Å². The number of thiazole rings is 1.